The number of aryl methyl sites for hydroxylation is 3. The molecule has 0 radical (unpaired) electrons. The Morgan fingerprint density at radius 2 is 1.84 bits per heavy atom. The largest absolute Gasteiger partial charge is 0.335 e. The maximum absolute atomic E-state index is 13.6. The lowest BCUT2D eigenvalue weighted by Gasteiger charge is -2.32. The smallest absolute Gasteiger partial charge is 0.317 e. The van der Waals surface area contributed by atoms with Crippen LogP contribution in [0.4, 0.5) is 20.8 Å². The number of pyridine rings is 1. The number of imidazole rings is 1. The molecule has 0 atom stereocenters. The highest BCUT2D eigenvalue weighted by molar-refractivity contribution is 7.71. The fourth-order valence-electron chi connectivity index (χ4n) is 5.82. The number of rotatable bonds is 6. The number of anilines is 2. The van der Waals surface area contributed by atoms with Gasteiger partial charge in [-0.15, -0.1) is 0 Å². The predicted molar refractivity (Wildman–Crippen MR) is 175 cm³/mol. The molecule has 2 aromatic heterocycles. The van der Waals surface area contributed by atoms with Crippen molar-refractivity contribution < 1.29 is 13.8 Å². The number of aromatic nitrogens is 3. The minimum atomic E-state index is -2.47. The van der Waals surface area contributed by atoms with Crippen molar-refractivity contribution in [3.63, 3.8) is 0 Å². The molecular formula is C33H34FN6O3P. The molecule has 3 heterocycles. The van der Waals surface area contributed by atoms with E-state index in [0.717, 1.165) is 27.5 Å². The maximum Gasteiger partial charge on any atom is 0.317 e. The molecule has 1 fully saturated rings. The number of hydrogen-bond acceptors (Lipinski definition) is 5. The number of hydrogen-bond donors (Lipinski definition) is 3. The highest BCUT2D eigenvalue weighted by atomic mass is 31.2. The number of aromatic amines is 1. The van der Waals surface area contributed by atoms with Crippen LogP contribution in [0.2, 0.25) is 0 Å². The first kappa shape index (κ1) is 29.4. The van der Waals surface area contributed by atoms with Crippen molar-refractivity contribution in [3.8, 4) is 0 Å². The molecule has 1 aliphatic rings. The van der Waals surface area contributed by atoms with Crippen LogP contribution in [0.15, 0.2) is 71.5 Å². The normalized spacial score (nSPS) is 14.9. The van der Waals surface area contributed by atoms with E-state index in [-0.39, 0.29) is 24.0 Å². The second kappa shape index (κ2) is 11.8. The van der Waals surface area contributed by atoms with Gasteiger partial charge in [0.1, 0.15) is 13.0 Å². The van der Waals surface area contributed by atoms with Crippen LogP contribution in [0.5, 0.6) is 0 Å². The third kappa shape index (κ3) is 5.53. The van der Waals surface area contributed by atoms with Crippen LogP contribution in [0.25, 0.3) is 27.9 Å². The third-order valence-corrected chi connectivity index (χ3v) is 11.5. The van der Waals surface area contributed by atoms with Gasteiger partial charge in [-0.2, -0.15) is 0 Å². The number of halogens is 1. The van der Waals surface area contributed by atoms with Gasteiger partial charge in [-0.3, -0.25) is 4.79 Å². The van der Waals surface area contributed by atoms with E-state index in [1.165, 1.54) is 12.1 Å². The van der Waals surface area contributed by atoms with Crippen LogP contribution < -0.4 is 21.5 Å². The Hall–Kier alpha value is -4.69. The Morgan fingerprint density at radius 3 is 2.57 bits per heavy atom. The summed E-state index contributed by atoms with van der Waals surface area (Å²) in [5.41, 5.74) is 4.12. The molecule has 3 N–H and O–H groups in total. The van der Waals surface area contributed by atoms with Crippen molar-refractivity contribution in [2.75, 3.05) is 37.3 Å². The van der Waals surface area contributed by atoms with Gasteiger partial charge in [0.15, 0.2) is 0 Å². The molecule has 11 heteroatoms. The van der Waals surface area contributed by atoms with Crippen LogP contribution in [-0.2, 0) is 11.6 Å². The molecule has 226 valence electrons. The van der Waals surface area contributed by atoms with Gasteiger partial charge in [0.2, 0.25) is 5.95 Å². The number of urea groups is 1. The van der Waals surface area contributed by atoms with Crippen LogP contribution in [0.3, 0.4) is 0 Å². The summed E-state index contributed by atoms with van der Waals surface area (Å²) in [7, 11) is -0.636. The Kier molecular flexibility index (Phi) is 7.86. The van der Waals surface area contributed by atoms with E-state index in [4.69, 9.17) is 0 Å². The number of H-pyrrole nitrogens is 1. The Morgan fingerprint density at radius 1 is 1.09 bits per heavy atom. The van der Waals surface area contributed by atoms with E-state index in [2.05, 4.69) is 20.6 Å². The average molecular weight is 613 g/mol. The molecular weight excluding hydrogens is 578 g/mol. The lowest BCUT2D eigenvalue weighted by molar-refractivity contribution is 0.203. The van der Waals surface area contributed by atoms with Crippen molar-refractivity contribution in [2.45, 2.75) is 13.8 Å². The molecule has 0 spiro atoms. The lowest BCUT2D eigenvalue weighted by Crippen LogP contribution is -2.46. The second-order valence-corrected chi connectivity index (χ2v) is 14.4. The van der Waals surface area contributed by atoms with E-state index >= 15 is 0 Å². The summed E-state index contributed by atoms with van der Waals surface area (Å²) in [4.78, 5) is 35.5. The molecule has 44 heavy (non-hydrogen) atoms. The number of amides is 2. The van der Waals surface area contributed by atoms with Gasteiger partial charge in [0.05, 0.1) is 16.4 Å². The van der Waals surface area contributed by atoms with E-state index < -0.39 is 7.14 Å². The summed E-state index contributed by atoms with van der Waals surface area (Å²) in [5, 5.41) is 8.37. The highest BCUT2D eigenvalue weighted by Gasteiger charge is 2.32. The molecule has 5 aromatic rings. The fraction of sp³-hybridized carbons (Fsp3) is 0.242. The van der Waals surface area contributed by atoms with Crippen LogP contribution in [0.1, 0.15) is 16.8 Å². The summed E-state index contributed by atoms with van der Waals surface area (Å²) < 4.78 is 28.8. The van der Waals surface area contributed by atoms with Gasteiger partial charge in [0.25, 0.3) is 5.56 Å². The number of fused-ring (bicyclic) bond motifs is 3. The molecule has 0 aliphatic carbocycles. The van der Waals surface area contributed by atoms with E-state index in [1.54, 1.807) is 23.1 Å². The first-order valence-electron chi connectivity index (χ1n) is 14.5. The first-order valence-corrected chi connectivity index (χ1v) is 16.6. The van der Waals surface area contributed by atoms with Crippen LogP contribution in [0, 0.1) is 19.7 Å². The maximum atomic E-state index is 13.6. The molecule has 9 nitrogen and oxygen atoms in total. The standard InChI is InChI=1S/C33H34FN6O3P/c1-21-20-23(34)11-13-26(21)37-32-38-28-14-12-25-22(2)27(36-31(41)29(25)30(28)39(32)3)10-7-15-35-33(42)40-16-18-44(43,19-17-40)24-8-5-4-6-9-24/h4-14,20H,15-19H2,1-3H3,(H,35,42)(H,36,41)(H,37,38). The molecule has 0 unspecified atom stereocenters. The first-order chi connectivity index (χ1) is 21.1. The Labute approximate surface area is 254 Å². The molecule has 0 bridgehead atoms. The SMILES string of the molecule is Cc1cc(F)ccc1Nc1nc2ccc3c(C)c(C=CCNC(=O)N4CCP(=O)(c5ccccc5)CC4)[nH]c(=O)c3c2n1C. The fourth-order valence-corrected chi connectivity index (χ4v) is 8.41. The predicted octanol–water partition coefficient (Wildman–Crippen LogP) is 5.64. The van der Waals surface area contributed by atoms with E-state index in [1.807, 2.05) is 67.9 Å². The second-order valence-electron chi connectivity index (χ2n) is 11.2. The third-order valence-electron chi connectivity index (χ3n) is 8.39. The molecule has 3 aromatic carbocycles. The lowest BCUT2D eigenvalue weighted by atomic mass is 10.0. The van der Waals surface area contributed by atoms with Gasteiger partial charge < -0.3 is 29.6 Å². The summed E-state index contributed by atoms with van der Waals surface area (Å²) >= 11 is 0. The van der Waals surface area contributed by atoms with Gasteiger partial charge in [0, 0.05) is 55.7 Å². The summed E-state index contributed by atoms with van der Waals surface area (Å²) in [6.07, 6.45) is 4.56. The highest BCUT2D eigenvalue weighted by Crippen LogP contribution is 2.46. The van der Waals surface area contributed by atoms with Gasteiger partial charge in [-0.05, 0) is 60.7 Å². The van der Waals surface area contributed by atoms with Crippen molar-refractivity contribution in [2.24, 2.45) is 7.05 Å². The Bertz CT molecular complexity index is 2020. The van der Waals surface area contributed by atoms with Crippen molar-refractivity contribution in [1.29, 1.82) is 0 Å². The summed E-state index contributed by atoms with van der Waals surface area (Å²) in [6.45, 7) is 4.93. The van der Waals surface area contributed by atoms with Crippen molar-refractivity contribution >= 4 is 58.0 Å². The molecule has 6 rings (SSSR count). The van der Waals surface area contributed by atoms with Gasteiger partial charge >= 0.3 is 6.03 Å². The minimum absolute atomic E-state index is 0.198. The monoisotopic (exact) mass is 612 g/mol. The van der Waals surface area contributed by atoms with Crippen molar-refractivity contribution in [1.82, 2.24) is 24.8 Å². The topological polar surface area (TPSA) is 112 Å². The minimum Gasteiger partial charge on any atom is -0.335 e. The zero-order chi connectivity index (χ0) is 31.0. The zero-order valence-electron chi connectivity index (χ0n) is 24.9. The molecule has 0 saturated carbocycles. The molecule has 2 amide bonds. The van der Waals surface area contributed by atoms with Crippen LogP contribution >= 0.6 is 7.14 Å². The van der Waals surface area contributed by atoms with E-state index in [9.17, 15) is 18.5 Å². The summed E-state index contributed by atoms with van der Waals surface area (Å²) in [6, 6.07) is 17.6. The zero-order valence-corrected chi connectivity index (χ0v) is 25.7. The molecule has 1 aliphatic heterocycles. The van der Waals surface area contributed by atoms with Gasteiger partial charge in [-0.1, -0.05) is 42.5 Å². The number of nitrogens with zero attached hydrogens (tertiary/aromatic N) is 3. The van der Waals surface area contributed by atoms with Crippen molar-refractivity contribution in [3.05, 3.63) is 99.7 Å². The van der Waals surface area contributed by atoms with Gasteiger partial charge in [-0.25, -0.2) is 14.2 Å². The number of carbonyl (C=O) groups excluding carboxylic acids is 1. The average Bonchev–Trinajstić information content (AvgIpc) is 3.34. The van der Waals surface area contributed by atoms with E-state index in [0.29, 0.717) is 53.5 Å². The molecule has 1 saturated heterocycles. The number of nitrogens with one attached hydrogen (secondary N) is 3. The van der Waals surface area contributed by atoms with Crippen LogP contribution in [-0.4, -0.2) is 57.4 Å². The summed E-state index contributed by atoms with van der Waals surface area (Å²) in [5.74, 6) is 0.229. The number of carbonyl (C=O) groups is 1. The quantitative estimate of drug-likeness (QED) is 0.215. The number of benzene rings is 3. The Balaban J connectivity index is 1.15.